The van der Waals surface area contributed by atoms with Crippen LogP contribution in [0.15, 0.2) is 24.3 Å². The number of unbranched alkanes of at least 4 members (excludes halogenated alkanes) is 1. The van der Waals surface area contributed by atoms with E-state index >= 15 is 0 Å². The van der Waals surface area contributed by atoms with Gasteiger partial charge in [-0.15, -0.1) is 0 Å². The number of aliphatic hydroxyl groups excluding tert-OH is 1. The highest BCUT2D eigenvalue weighted by Gasteiger charge is 1.93. The number of ether oxygens (including phenoxy) is 1. The van der Waals surface area contributed by atoms with Crippen LogP contribution in [0, 0.1) is 3.57 Å². The van der Waals surface area contributed by atoms with Gasteiger partial charge in [-0.25, -0.2) is 0 Å². The summed E-state index contributed by atoms with van der Waals surface area (Å²) in [7, 11) is 0. The van der Waals surface area contributed by atoms with Crippen LogP contribution in [-0.2, 0) is 0 Å². The topological polar surface area (TPSA) is 29.5 Å². The van der Waals surface area contributed by atoms with E-state index in [0.717, 1.165) is 18.6 Å². The van der Waals surface area contributed by atoms with Crippen molar-refractivity contribution in [2.75, 3.05) is 13.2 Å². The van der Waals surface area contributed by atoms with E-state index in [2.05, 4.69) is 22.6 Å². The second kappa shape index (κ2) is 6.21. The fraction of sp³-hybridized carbons (Fsp3) is 0.400. The van der Waals surface area contributed by atoms with Gasteiger partial charge < -0.3 is 9.84 Å². The number of aliphatic hydroxyl groups is 1. The molecule has 0 aliphatic rings. The Morgan fingerprint density at radius 2 is 2.15 bits per heavy atom. The molecule has 0 aliphatic carbocycles. The molecule has 72 valence electrons. The summed E-state index contributed by atoms with van der Waals surface area (Å²) in [5.41, 5.74) is 0. The first kappa shape index (κ1) is 10.8. The highest BCUT2D eigenvalue weighted by Crippen LogP contribution is 2.14. The van der Waals surface area contributed by atoms with Crippen LogP contribution in [0.1, 0.15) is 12.8 Å². The molecule has 0 aliphatic heterocycles. The molecule has 0 unspecified atom stereocenters. The van der Waals surface area contributed by atoms with Crippen molar-refractivity contribution in [2.45, 2.75) is 12.8 Å². The van der Waals surface area contributed by atoms with Gasteiger partial charge in [-0.2, -0.15) is 0 Å². The van der Waals surface area contributed by atoms with Gasteiger partial charge in [0.1, 0.15) is 5.75 Å². The minimum atomic E-state index is 0.246. The first-order valence-corrected chi connectivity index (χ1v) is 5.40. The SMILES string of the molecule is OCCCCOc1cccc(I)c1. The first-order chi connectivity index (χ1) is 6.33. The third kappa shape index (κ3) is 4.47. The fourth-order valence-electron chi connectivity index (χ4n) is 0.961. The molecule has 3 heteroatoms. The zero-order valence-corrected chi connectivity index (χ0v) is 9.53. The standard InChI is InChI=1S/C10H13IO2/c11-9-4-3-5-10(8-9)13-7-2-1-6-12/h3-5,8,12H,1-2,6-7H2. The first-order valence-electron chi connectivity index (χ1n) is 4.32. The van der Waals surface area contributed by atoms with Gasteiger partial charge in [-0.3, -0.25) is 0 Å². The molecule has 0 fully saturated rings. The lowest BCUT2D eigenvalue weighted by atomic mass is 10.3. The summed E-state index contributed by atoms with van der Waals surface area (Å²) in [4.78, 5) is 0. The predicted molar refractivity (Wildman–Crippen MR) is 61.0 cm³/mol. The normalized spacial score (nSPS) is 10.0. The van der Waals surface area contributed by atoms with Crippen LogP contribution < -0.4 is 4.74 Å². The molecule has 0 saturated heterocycles. The van der Waals surface area contributed by atoms with Gasteiger partial charge in [0.25, 0.3) is 0 Å². The Kier molecular flexibility index (Phi) is 5.15. The quantitative estimate of drug-likeness (QED) is 0.667. The van der Waals surface area contributed by atoms with Gasteiger partial charge in [0.15, 0.2) is 0 Å². The maximum Gasteiger partial charge on any atom is 0.120 e. The molecule has 1 rings (SSSR count). The maximum atomic E-state index is 8.55. The molecule has 0 heterocycles. The molecule has 0 bridgehead atoms. The molecule has 0 spiro atoms. The largest absolute Gasteiger partial charge is 0.494 e. The number of halogens is 1. The van der Waals surface area contributed by atoms with E-state index in [-0.39, 0.29) is 6.61 Å². The number of rotatable bonds is 5. The molecule has 1 aromatic rings. The van der Waals surface area contributed by atoms with Crippen molar-refractivity contribution in [3.8, 4) is 5.75 Å². The minimum Gasteiger partial charge on any atom is -0.494 e. The van der Waals surface area contributed by atoms with Crippen LogP contribution in [0.2, 0.25) is 0 Å². The summed E-state index contributed by atoms with van der Waals surface area (Å²) in [5, 5.41) is 8.55. The van der Waals surface area contributed by atoms with Crippen LogP contribution in [-0.4, -0.2) is 18.3 Å². The lowest BCUT2D eigenvalue weighted by Gasteiger charge is -2.05. The molecule has 0 saturated carbocycles. The number of benzene rings is 1. The van der Waals surface area contributed by atoms with Gasteiger partial charge in [0.05, 0.1) is 6.61 Å². The van der Waals surface area contributed by atoms with Crippen LogP contribution >= 0.6 is 22.6 Å². The van der Waals surface area contributed by atoms with E-state index in [1.165, 1.54) is 3.57 Å². The van der Waals surface area contributed by atoms with Crippen molar-refractivity contribution in [2.24, 2.45) is 0 Å². The third-order valence-corrected chi connectivity index (χ3v) is 2.29. The van der Waals surface area contributed by atoms with E-state index < -0.39 is 0 Å². The Morgan fingerprint density at radius 3 is 2.85 bits per heavy atom. The van der Waals surface area contributed by atoms with Crippen LogP contribution in [0.4, 0.5) is 0 Å². The van der Waals surface area contributed by atoms with Crippen molar-refractivity contribution in [1.29, 1.82) is 0 Å². The molecule has 13 heavy (non-hydrogen) atoms. The van der Waals surface area contributed by atoms with Crippen LogP contribution in [0.5, 0.6) is 5.75 Å². The van der Waals surface area contributed by atoms with Crippen LogP contribution in [0.3, 0.4) is 0 Å². The molecule has 0 amide bonds. The van der Waals surface area contributed by atoms with E-state index in [9.17, 15) is 0 Å². The molecule has 2 nitrogen and oxygen atoms in total. The van der Waals surface area contributed by atoms with Gasteiger partial charge >= 0.3 is 0 Å². The second-order valence-electron chi connectivity index (χ2n) is 2.74. The van der Waals surface area contributed by atoms with Crippen molar-refractivity contribution in [3.63, 3.8) is 0 Å². The maximum absolute atomic E-state index is 8.55. The van der Waals surface area contributed by atoms with E-state index in [4.69, 9.17) is 9.84 Å². The summed E-state index contributed by atoms with van der Waals surface area (Å²) in [6.45, 7) is 0.927. The molecule has 0 radical (unpaired) electrons. The highest BCUT2D eigenvalue weighted by atomic mass is 127. The lowest BCUT2D eigenvalue weighted by molar-refractivity contribution is 0.253. The monoisotopic (exact) mass is 292 g/mol. The number of hydrogen-bond donors (Lipinski definition) is 1. The van der Waals surface area contributed by atoms with Gasteiger partial charge in [0, 0.05) is 10.2 Å². The average Bonchev–Trinajstić information content (AvgIpc) is 2.13. The number of hydrogen-bond acceptors (Lipinski definition) is 2. The Bertz CT molecular complexity index is 250. The van der Waals surface area contributed by atoms with Gasteiger partial charge in [0.2, 0.25) is 0 Å². The van der Waals surface area contributed by atoms with E-state index in [1.54, 1.807) is 0 Å². The lowest BCUT2D eigenvalue weighted by Crippen LogP contribution is -1.98. The molecule has 1 aromatic carbocycles. The minimum absolute atomic E-state index is 0.246. The summed E-state index contributed by atoms with van der Waals surface area (Å²) >= 11 is 2.25. The molecular weight excluding hydrogens is 279 g/mol. The Balaban J connectivity index is 2.28. The Hall–Kier alpha value is -0.290. The zero-order chi connectivity index (χ0) is 9.52. The van der Waals surface area contributed by atoms with Crippen molar-refractivity contribution < 1.29 is 9.84 Å². The highest BCUT2D eigenvalue weighted by molar-refractivity contribution is 14.1. The Morgan fingerprint density at radius 1 is 1.31 bits per heavy atom. The summed E-state index contributed by atoms with van der Waals surface area (Å²) in [6.07, 6.45) is 1.71. The van der Waals surface area contributed by atoms with Crippen molar-refractivity contribution >= 4 is 22.6 Å². The van der Waals surface area contributed by atoms with Crippen LogP contribution in [0.25, 0.3) is 0 Å². The zero-order valence-electron chi connectivity index (χ0n) is 7.37. The summed E-state index contributed by atoms with van der Waals surface area (Å²) in [6, 6.07) is 7.95. The van der Waals surface area contributed by atoms with E-state index in [0.29, 0.717) is 6.61 Å². The molecule has 1 N–H and O–H groups in total. The third-order valence-electron chi connectivity index (χ3n) is 1.62. The second-order valence-corrected chi connectivity index (χ2v) is 3.98. The van der Waals surface area contributed by atoms with Gasteiger partial charge in [-0.05, 0) is 53.6 Å². The van der Waals surface area contributed by atoms with Gasteiger partial charge in [-0.1, -0.05) is 6.07 Å². The summed E-state index contributed by atoms with van der Waals surface area (Å²) in [5.74, 6) is 0.907. The average molecular weight is 292 g/mol. The molecule has 0 aromatic heterocycles. The smallest absolute Gasteiger partial charge is 0.120 e. The summed E-state index contributed by atoms with van der Waals surface area (Å²) < 4.78 is 6.65. The van der Waals surface area contributed by atoms with Crippen molar-refractivity contribution in [3.05, 3.63) is 27.8 Å². The Labute approximate surface area is 92.1 Å². The molecular formula is C10H13IO2. The molecule has 0 atom stereocenters. The fourth-order valence-corrected chi connectivity index (χ4v) is 1.48. The van der Waals surface area contributed by atoms with Crippen molar-refractivity contribution in [1.82, 2.24) is 0 Å². The van der Waals surface area contributed by atoms with E-state index in [1.807, 2.05) is 24.3 Å². The predicted octanol–water partition coefficient (Wildman–Crippen LogP) is 2.44.